The van der Waals surface area contributed by atoms with Crippen LogP contribution in [-0.4, -0.2) is 11.1 Å². The SMILES string of the molecule is N#Cc1c(F)ccc(C(=O)CBr)c1I. The van der Waals surface area contributed by atoms with Gasteiger partial charge in [-0.1, -0.05) is 15.9 Å². The molecule has 2 nitrogen and oxygen atoms in total. The minimum Gasteiger partial charge on any atom is -0.293 e. The van der Waals surface area contributed by atoms with E-state index >= 15 is 0 Å². The van der Waals surface area contributed by atoms with Gasteiger partial charge in [0.15, 0.2) is 5.78 Å². The van der Waals surface area contributed by atoms with E-state index in [-0.39, 0.29) is 16.7 Å². The maximum atomic E-state index is 13.0. The molecule has 0 spiro atoms. The monoisotopic (exact) mass is 367 g/mol. The van der Waals surface area contributed by atoms with Gasteiger partial charge in [-0.05, 0) is 34.7 Å². The summed E-state index contributed by atoms with van der Waals surface area (Å²) in [7, 11) is 0. The first kappa shape index (κ1) is 11.6. The Kier molecular flexibility index (Phi) is 4.01. The van der Waals surface area contributed by atoms with Gasteiger partial charge < -0.3 is 0 Å². The van der Waals surface area contributed by atoms with Crippen molar-refractivity contribution in [3.05, 3.63) is 32.6 Å². The Morgan fingerprint density at radius 2 is 2.29 bits per heavy atom. The van der Waals surface area contributed by atoms with Gasteiger partial charge in [-0.15, -0.1) is 0 Å². The van der Waals surface area contributed by atoms with Crippen molar-refractivity contribution < 1.29 is 9.18 Å². The molecular weight excluding hydrogens is 364 g/mol. The molecule has 0 heterocycles. The first-order valence-corrected chi connectivity index (χ1v) is 5.79. The zero-order valence-electron chi connectivity index (χ0n) is 6.85. The number of carbonyl (C=O) groups excluding carboxylic acids is 1. The zero-order chi connectivity index (χ0) is 10.7. The highest BCUT2D eigenvalue weighted by Gasteiger charge is 2.15. The first-order valence-electron chi connectivity index (χ1n) is 3.59. The lowest BCUT2D eigenvalue weighted by Gasteiger charge is -2.03. The molecule has 0 atom stereocenters. The van der Waals surface area contributed by atoms with Crippen molar-refractivity contribution in [3.63, 3.8) is 0 Å². The average Bonchev–Trinajstić information content (AvgIpc) is 2.18. The average molecular weight is 368 g/mol. The van der Waals surface area contributed by atoms with Crippen molar-refractivity contribution in [3.8, 4) is 6.07 Å². The molecule has 0 aromatic heterocycles. The molecule has 0 bridgehead atoms. The molecule has 0 aliphatic rings. The molecule has 0 fully saturated rings. The maximum Gasteiger partial charge on any atom is 0.174 e. The number of Topliss-reactive ketones (excluding diaryl/α,β-unsaturated/α-hetero) is 1. The van der Waals surface area contributed by atoms with E-state index in [4.69, 9.17) is 5.26 Å². The smallest absolute Gasteiger partial charge is 0.174 e. The Labute approximate surface area is 102 Å². The Bertz CT molecular complexity index is 428. The second-order valence-corrected chi connectivity index (χ2v) is 4.09. The number of ketones is 1. The van der Waals surface area contributed by atoms with Gasteiger partial charge in [0.2, 0.25) is 0 Å². The third kappa shape index (κ3) is 2.12. The van der Waals surface area contributed by atoms with Gasteiger partial charge in [0.1, 0.15) is 17.4 Å². The molecule has 0 unspecified atom stereocenters. The lowest BCUT2D eigenvalue weighted by atomic mass is 10.1. The van der Waals surface area contributed by atoms with Crippen molar-refractivity contribution >= 4 is 44.3 Å². The lowest BCUT2D eigenvalue weighted by molar-refractivity contribution is 0.102. The summed E-state index contributed by atoms with van der Waals surface area (Å²) in [4.78, 5) is 11.3. The number of alkyl halides is 1. The molecule has 0 aliphatic carbocycles. The van der Waals surface area contributed by atoms with Gasteiger partial charge in [0.05, 0.1) is 5.33 Å². The Balaban J connectivity index is 3.37. The minimum absolute atomic E-state index is 0.0719. The Morgan fingerprint density at radius 3 is 2.79 bits per heavy atom. The molecule has 1 aromatic rings. The molecular formula is C9H4BrFINO. The molecule has 0 N–H and O–H groups in total. The highest BCUT2D eigenvalue weighted by molar-refractivity contribution is 14.1. The number of rotatable bonds is 2. The van der Waals surface area contributed by atoms with Crippen molar-refractivity contribution in [2.24, 2.45) is 0 Å². The molecule has 0 amide bonds. The van der Waals surface area contributed by atoms with Crippen LogP contribution in [0.4, 0.5) is 4.39 Å². The number of nitrogens with zero attached hydrogens (tertiary/aromatic N) is 1. The standard InChI is InChI=1S/C9H4BrFINO/c10-3-8(14)5-1-2-7(11)6(4-13)9(5)12/h1-2H,3H2. The van der Waals surface area contributed by atoms with Gasteiger partial charge >= 0.3 is 0 Å². The second-order valence-electron chi connectivity index (χ2n) is 2.45. The van der Waals surface area contributed by atoms with Crippen molar-refractivity contribution in [1.29, 1.82) is 5.26 Å². The molecule has 0 saturated heterocycles. The van der Waals surface area contributed by atoms with Crippen LogP contribution in [0.1, 0.15) is 15.9 Å². The highest BCUT2D eigenvalue weighted by atomic mass is 127. The lowest BCUT2D eigenvalue weighted by Crippen LogP contribution is -2.05. The molecule has 1 rings (SSSR count). The third-order valence-corrected chi connectivity index (χ3v) is 3.25. The van der Waals surface area contributed by atoms with Crippen molar-refractivity contribution in [2.75, 3.05) is 5.33 Å². The number of benzene rings is 1. The fourth-order valence-electron chi connectivity index (χ4n) is 0.942. The second kappa shape index (κ2) is 4.84. The predicted molar refractivity (Wildman–Crippen MR) is 62.0 cm³/mol. The zero-order valence-corrected chi connectivity index (χ0v) is 10.6. The van der Waals surface area contributed by atoms with Crippen LogP contribution in [0.5, 0.6) is 0 Å². The van der Waals surface area contributed by atoms with Crippen LogP contribution in [0.15, 0.2) is 12.1 Å². The van der Waals surface area contributed by atoms with Crippen LogP contribution in [-0.2, 0) is 0 Å². The molecule has 14 heavy (non-hydrogen) atoms. The number of halogens is 3. The van der Waals surface area contributed by atoms with Crippen LogP contribution in [0.3, 0.4) is 0 Å². The number of nitriles is 1. The van der Waals surface area contributed by atoms with E-state index in [1.54, 1.807) is 28.7 Å². The van der Waals surface area contributed by atoms with Crippen LogP contribution in [0, 0.1) is 20.7 Å². The number of carbonyl (C=O) groups is 1. The van der Waals surface area contributed by atoms with Crippen LogP contribution >= 0.6 is 38.5 Å². The van der Waals surface area contributed by atoms with Crippen LogP contribution in [0.25, 0.3) is 0 Å². The normalized spacial score (nSPS) is 9.57. The van der Waals surface area contributed by atoms with E-state index in [0.717, 1.165) is 6.07 Å². The first-order chi connectivity index (χ1) is 6.61. The van der Waals surface area contributed by atoms with E-state index in [1.807, 2.05) is 0 Å². The predicted octanol–water partition coefficient (Wildman–Crippen LogP) is 2.88. The molecule has 0 radical (unpaired) electrons. The number of hydrogen-bond donors (Lipinski definition) is 0. The fourth-order valence-corrected chi connectivity index (χ4v) is 2.10. The van der Waals surface area contributed by atoms with Crippen LogP contribution < -0.4 is 0 Å². The van der Waals surface area contributed by atoms with Gasteiger partial charge in [-0.25, -0.2) is 4.39 Å². The molecule has 72 valence electrons. The summed E-state index contributed by atoms with van der Waals surface area (Å²) in [5.41, 5.74) is 0.304. The third-order valence-electron chi connectivity index (χ3n) is 1.62. The van der Waals surface area contributed by atoms with Gasteiger partial charge in [0.25, 0.3) is 0 Å². The summed E-state index contributed by atoms with van der Waals surface area (Å²) in [6.07, 6.45) is 0. The van der Waals surface area contributed by atoms with Crippen LogP contribution in [0.2, 0.25) is 0 Å². The van der Waals surface area contributed by atoms with Gasteiger partial charge in [-0.3, -0.25) is 4.79 Å². The highest BCUT2D eigenvalue weighted by Crippen LogP contribution is 2.20. The molecule has 5 heteroatoms. The van der Waals surface area contributed by atoms with Crippen molar-refractivity contribution in [1.82, 2.24) is 0 Å². The van der Waals surface area contributed by atoms with E-state index in [0.29, 0.717) is 9.13 Å². The Morgan fingerprint density at radius 1 is 1.64 bits per heavy atom. The topological polar surface area (TPSA) is 40.9 Å². The largest absolute Gasteiger partial charge is 0.293 e. The fraction of sp³-hybridized carbons (Fsp3) is 0.111. The minimum atomic E-state index is -0.594. The summed E-state index contributed by atoms with van der Waals surface area (Å²) in [5.74, 6) is -0.756. The van der Waals surface area contributed by atoms with Gasteiger partial charge in [-0.2, -0.15) is 5.26 Å². The summed E-state index contributed by atoms with van der Waals surface area (Å²) >= 11 is 4.82. The van der Waals surface area contributed by atoms with E-state index in [9.17, 15) is 9.18 Å². The van der Waals surface area contributed by atoms with Gasteiger partial charge in [0, 0.05) is 9.13 Å². The van der Waals surface area contributed by atoms with Crippen molar-refractivity contribution in [2.45, 2.75) is 0 Å². The molecule has 0 aliphatic heterocycles. The van der Waals surface area contributed by atoms with E-state index < -0.39 is 5.82 Å². The van der Waals surface area contributed by atoms with E-state index in [1.165, 1.54) is 6.07 Å². The maximum absolute atomic E-state index is 13.0. The molecule has 1 aromatic carbocycles. The Hall–Kier alpha value is -0.480. The van der Waals surface area contributed by atoms with E-state index in [2.05, 4.69) is 15.9 Å². The summed E-state index contributed by atoms with van der Waals surface area (Å²) in [6, 6.07) is 4.26. The number of hydrogen-bond acceptors (Lipinski definition) is 2. The summed E-state index contributed by atoms with van der Waals surface area (Å²) < 4.78 is 13.4. The summed E-state index contributed by atoms with van der Waals surface area (Å²) in [6.45, 7) is 0. The summed E-state index contributed by atoms with van der Waals surface area (Å²) in [5, 5.41) is 8.83. The quantitative estimate of drug-likeness (QED) is 0.458. The molecule has 0 saturated carbocycles.